The quantitative estimate of drug-likeness (QED) is 0.406. The fraction of sp³-hybridized carbons (Fsp3) is 0.316. The van der Waals surface area contributed by atoms with E-state index in [4.69, 9.17) is 4.74 Å². The molecule has 7 nitrogen and oxygen atoms in total. The number of nitrogens with zero attached hydrogens (tertiary/aromatic N) is 3. The number of methoxy groups -OCH3 is 1. The molecule has 0 N–H and O–H groups in total. The first-order valence-electron chi connectivity index (χ1n) is 8.96. The molecule has 31 heavy (non-hydrogen) atoms. The van der Waals surface area contributed by atoms with Gasteiger partial charge in [-0.05, 0) is 24.3 Å². The number of carbonyl (C=O) groups excluding carboxylic acids is 1. The van der Waals surface area contributed by atoms with Crippen LogP contribution in [0.5, 0.6) is 5.75 Å². The standard InChI is InChI=1S/C19H16F5N3O4/c1-31-17-13(10-14(27(29)30)15(20)16(17)21)18(28)26-8-6-25(7-9-26)12-4-2-11(3-5-12)19(22,23)24/h2-5,10H,6-9H2,1H3. The summed E-state index contributed by atoms with van der Waals surface area (Å²) in [7, 11) is 1.00. The molecule has 1 aliphatic heterocycles. The highest BCUT2D eigenvalue weighted by atomic mass is 19.4. The number of anilines is 1. The highest BCUT2D eigenvalue weighted by Crippen LogP contribution is 2.33. The first-order chi connectivity index (χ1) is 14.5. The van der Waals surface area contributed by atoms with Crippen LogP contribution in [-0.2, 0) is 6.18 Å². The number of amides is 1. The summed E-state index contributed by atoms with van der Waals surface area (Å²) in [5.41, 5.74) is -1.93. The van der Waals surface area contributed by atoms with Crippen LogP contribution in [0.2, 0.25) is 0 Å². The lowest BCUT2D eigenvalue weighted by molar-refractivity contribution is -0.387. The monoisotopic (exact) mass is 445 g/mol. The predicted octanol–water partition coefficient (Wildman–Crippen LogP) is 3.86. The van der Waals surface area contributed by atoms with Crippen molar-refractivity contribution in [1.29, 1.82) is 0 Å². The minimum absolute atomic E-state index is 0.107. The number of nitro groups is 1. The molecule has 0 aromatic heterocycles. The largest absolute Gasteiger partial charge is 0.493 e. The minimum atomic E-state index is -4.45. The highest BCUT2D eigenvalue weighted by Gasteiger charge is 2.33. The number of ether oxygens (including phenoxy) is 1. The molecule has 1 saturated heterocycles. The van der Waals surface area contributed by atoms with Gasteiger partial charge in [0.25, 0.3) is 5.91 Å². The van der Waals surface area contributed by atoms with Crippen molar-refractivity contribution in [3.05, 3.63) is 63.2 Å². The summed E-state index contributed by atoms with van der Waals surface area (Å²) in [6, 6.07) is 5.18. The molecule has 0 radical (unpaired) electrons. The Morgan fingerprint density at radius 1 is 1.06 bits per heavy atom. The van der Waals surface area contributed by atoms with Crippen LogP contribution in [0.1, 0.15) is 15.9 Å². The van der Waals surface area contributed by atoms with Crippen LogP contribution < -0.4 is 9.64 Å². The maximum absolute atomic E-state index is 14.1. The van der Waals surface area contributed by atoms with Crippen LogP contribution >= 0.6 is 0 Å². The first kappa shape index (κ1) is 22.2. The van der Waals surface area contributed by atoms with E-state index in [1.165, 1.54) is 17.0 Å². The smallest absolute Gasteiger partial charge is 0.416 e. The highest BCUT2D eigenvalue weighted by molar-refractivity contribution is 5.98. The zero-order chi connectivity index (χ0) is 22.9. The maximum atomic E-state index is 14.1. The molecule has 0 saturated carbocycles. The molecule has 1 fully saturated rings. The third kappa shape index (κ3) is 4.37. The van der Waals surface area contributed by atoms with Crippen LogP contribution in [0, 0.1) is 21.7 Å². The molecule has 1 amide bonds. The zero-order valence-corrected chi connectivity index (χ0v) is 16.1. The molecule has 0 atom stereocenters. The lowest BCUT2D eigenvalue weighted by Crippen LogP contribution is -2.48. The molecular weight excluding hydrogens is 429 g/mol. The molecule has 2 aromatic rings. The Morgan fingerprint density at radius 3 is 2.13 bits per heavy atom. The number of carbonyl (C=O) groups is 1. The van der Waals surface area contributed by atoms with Crippen molar-refractivity contribution < 1.29 is 36.4 Å². The SMILES string of the molecule is COc1c(C(=O)N2CCN(c3ccc(C(F)(F)F)cc3)CC2)cc([N+](=O)[O-])c(F)c1F. The number of hydrogen-bond donors (Lipinski definition) is 0. The average Bonchev–Trinajstić information content (AvgIpc) is 2.74. The van der Waals surface area contributed by atoms with Crippen LogP contribution in [0.15, 0.2) is 30.3 Å². The number of halogens is 5. The Balaban J connectivity index is 1.77. The van der Waals surface area contributed by atoms with Gasteiger partial charge in [-0.2, -0.15) is 22.0 Å². The summed E-state index contributed by atoms with van der Waals surface area (Å²) >= 11 is 0. The minimum Gasteiger partial charge on any atom is -0.493 e. The van der Waals surface area contributed by atoms with Gasteiger partial charge in [0, 0.05) is 37.9 Å². The third-order valence-corrected chi connectivity index (χ3v) is 4.90. The Morgan fingerprint density at radius 2 is 1.65 bits per heavy atom. The second-order valence-corrected chi connectivity index (χ2v) is 6.69. The molecule has 166 valence electrons. The summed E-state index contributed by atoms with van der Waals surface area (Å²) in [5.74, 6) is -4.89. The third-order valence-electron chi connectivity index (χ3n) is 4.90. The zero-order valence-electron chi connectivity index (χ0n) is 16.1. The van der Waals surface area contributed by atoms with Gasteiger partial charge in [-0.1, -0.05) is 0 Å². The van der Waals surface area contributed by atoms with Crippen molar-refractivity contribution in [3.63, 3.8) is 0 Å². The van der Waals surface area contributed by atoms with E-state index in [0.29, 0.717) is 11.8 Å². The fourth-order valence-electron chi connectivity index (χ4n) is 3.29. The van der Waals surface area contributed by atoms with Gasteiger partial charge < -0.3 is 14.5 Å². The maximum Gasteiger partial charge on any atom is 0.416 e. The van der Waals surface area contributed by atoms with Crippen molar-refractivity contribution in [2.75, 3.05) is 38.2 Å². The molecular formula is C19H16F5N3O4. The topological polar surface area (TPSA) is 75.9 Å². The molecule has 0 bridgehead atoms. The van der Waals surface area contributed by atoms with Gasteiger partial charge in [0.05, 0.1) is 23.2 Å². The van der Waals surface area contributed by atoms with Crippen LogP contribution in [0.25, 0.3) is 0 Å². The average molecular weight is 445 g/mol. The summed E-state index contributed by atoms with van der Waals surface area (Å²) < 4.78 is 70.8. The fourth-order valence-corrected chi connectivity index (χ4v) is 3.29. The Labute approximate surface area is 172 Å². The van der Waals surface area contributed by atoms with Crippen molar-refractivity contribution in [3.8, 4) is 5.75 Å². The van der Waals surface area contributed by atoms with E-state index >= 15 is 0 Å². The first-order valence-corrected chi connectivity index (χ1v) is 8.96. The van der Waals surface area contributed by atoms with Crippen LogP contribution in [0.4, 0.5) is 33.3 Å². The van der Waals surface area contributed by atoms with Gasteiger partial charge in [-0.15, -0.1) is 0 Å². The van der Waals surface area contributed by atoms with Gasteiger partial charge in [-0.25, -0.2) is 0 Å². The van der Waals surface area contributed by atoms with E-state index in [0.717, 1.165) is 19.2 Å². The Bertz CT molecular complexity index is 1000. The van der Waals surface area contributed by atoms with Gasteiger partial charge in [-0.3, -0.25) is 14.9 Å². The van der Waals surface area contributed by atoms with Crippen LogP contribution in [0.3, 0.4) is 0 Å². The summed E-state index contributed by atoms with van der Waals surface area (Å²) in [6.45, 7) is 0.724. The normalized spacial score (nSPS) is 14.5. The molecule has 1 aliphatic rings. The van der Waals surface area contributed by atoms with E-state index < -0.39 is 51.2 Å². The number of nitro benzene ring substituents is 1. The van der Waals surface area contributed by atoms with Crippen molar-refractivity contribution in [2.24, 2.45) is 0 Å². The molecule has 0 aliphatic carbocycles. The lowest BCUT2D eigenvalue weighted by atomic mass is 10.1. The van der Waals surface area contributed by atoms with Gasteiger partial charge in [0.2, 0.25) is 11.6 Å². The van der Waals surface area contributed by atoms with Crippen LogP contribution in [-0.4, -0.2) is 49.0 Å². The van der Waals surface area contributed by atoms with Gasteiger partial charge in [0.15, 0.2) is 5.75 Å². The number of alkyl halides is 3. The van der Waals surface area contributed by atoms with E-state index in [1.54, 1.807) is 4.90 Å². The number of rotatable bonds is 4. The molecule has 3 rings (SSSR count). The summed E-state index contributed by atoms with van der Waals surface area (Å²) in [6.07, 6.45) is -4.45. The summed E-state index contributed by atoms with van der Waals surface area (Å²) in [4.78, 5) is 25.7. The number of piperazine rings is 1. The summed E-state index contributed by atoms with van der Waals surface area (Å²) in [5, 5.41) is 11.0. The molecule has 0 spiro atoms. The van der Waals surface area contributed by atoms with E-state index in [2.05, 4.69) is 0 Å². The van der Waals surface area contributed by atoms with Crippen molar-refractivity contribution >= 4 is 17.3 Å². The van der Waals surface area contributed by atoms with E-state index in [9.17, 15) is 36.9 Å². The van der Waals surface area contributed by atoms with E-state index in [1.807, 2.05) is 0 Å². The number of benzene rings is 2. The van der Waals surface area contributed by atoms with Gasteiger partial charge >= 0.3 is 11.9 Å². The second kappa shape index (κ2) is 8.36. The number of hydrogen-bond acceptors (Lipinski definition) is 5. The molecule has 12 heteroatoms. The Hall–Kier alpha value is -3.44. The van der Waals surface area contributed by atoms with E-state index in [-0.39, 0.29) is 26.2 Å². The lowest BCUT2D eigenvalue weighted by Gasteiger charge is -2.36. The molecule has 1 heterocycles. The second-order valence-electron chi connectivity index (χ2n) is 6.69. The molecule has 2 aromatic carbocycles. The Kier molecular flexibility index (Phi) is 6.00. The van der Waals surface area contributed by atoms with Crippen molar-refractivity contribution in [1.82, 2.24) is 4.90 Å². The molecule has 0 unspecified atom stereocenters. The van der Waals surface area contributed by atoms with Gasteiger partial charge in [0.1, 0.15) is 0 Å². The predicted molar refractivity (Wildman–Crippen MR) is 99.1 cm³/mol. The van der Waals surface area contributed by atoms with Crippen molar-refractivity contribution in [2.45, 2.75) is 6.18 Å².